The van der Waals surface area contributed by atoms with E-state index in [9.17, 15) is 4.79 Å². The van der Waals surface area contributed by atoms with E-state index in [0.29, 0.717) is 16.2 Å². The number of aromatic nitrogens is 1. The highest BCUT2D eigenvalue weighted by Gasteiger charge is 2.36. The number of hydrogen-bond donors (Lipinski definition) is 0. The first-order valence-corrected chi connectivity index (χ1v) is 8.79. The van der Waals surface area contributed by atoms with Crippen LogP contribution in [0.1, 0.15) is 42.6 Å². The SMILES string of the molecule is O=C(c1nccc2ccccc12)C1CC2CCCC(C1)S2. The summed E-state index contributed by atoms with van der Waals surface area (Å²) in [5, 5.41) is 3.51. The molecule has 0 saturated carbocycles. The van der Waals surface area contributed by atoms with Crippen molar-refractivity contribution in [1.29, 1.82) is 0 Å². The molecule has 0 spiro atoms. The zero-order chi connectivity index (χ0) is 14.2. The van der Waals surface area contributed by atoms with Gasteiger partial charge in [0.2, 0.25) is 0 Å². The summed E-state index contributed by atoms with van der Waals surface area (Å²) < 4.78 is 0. The molecule has 0 amide bonds. The maximum atomic E-state index is 13.0. The Morgan fingerprint density at radius 1 is 1.10 bits per heavy atom. The first kappa shape index (κ1) is 13.3. The summed E-state index contributed by atoms with van der Waals surface area (Å²) in [6, 6.07) is 10.1. The molecule has 3 heteroatoms. The van der Waals surface area contributed by atoms with Crippen LogP contribution in [0.3, 0.4) is 0 Å². The molecule has 2 fully saturated rings. The lowest BCUT2D eigenvalue weighted by Crippen LogP contribution is -2.33. The lowest BCUT2D eigenvalue weighted by atomic mass is 9.85. The number of nitrogens with zero attached hydrogens (tertiary/aromatic N) is 1. The summed E-state index contributed by atoms with van der Waals surface area (Å²) in [5.41, 5.74) is 0.683. The van der Waals surface area contributed by atoms with Crippen molar-refractivity contribution in [3.63, 3.8) is 0 Å². The number of ketones is 1. The molecule has 2 bridgehead atoms. The van der Waals surface area contributed by atoms with E-state index < -0.39 is 0 Å². The minimum Gasteiger partial charge on any atom is -0.292 e. The number of thioether (sulfide) groups is 1. The number of rotatable bonds is 2. The van der Waals surface area contributed by atoms with E-state index in [1.807, 2.05) is 24.3 Å². The van der Waals surface area contributed by atoms with Gasteiger partial charge in [0, 0.05) is 28.0 Å². The highest BCUT2D eigenvalue weighted by atomic mass is 32.2. The smallest absolute Gasteiger partial charge is 0.184 e. The molecule has 1 aromatic heterocycles. The maximum absolute atomic E-state index is 13.0. The number of fused-ring (bicyclic) bond motifs is 3. The fourth-order valence-electron chi connectivity index (χ4n) is 3.78. The molecule has 0 N–H and O–H groups in total. The normalized spacial score (nSPS) is 28.5. The molecule has 2 atom stereocenters. The third kappa shape index (κ3) is 2.48. The fourth-order valence-corrected chi connectivity index (χ4v) is 5.62. The molecule has 4 rings (SSSR count). The average molecular weight is 297 g/mol. The van der Waals surface area contributed by atoms with Crippen LogP contribution in [0, 0.1) is 5.92 Å². The van der Waals surface area contributed by atoms with Crippen LogP contribution in [-0.4, -0.2) is 21.3 Å². The van der Waals surface area contributed by atoms with Crippen molar-refractivity contribution in [3.05, 3.63) is 42.2 Å². The molecule has 0 radical (unpaired) electrons. The van der Waals surface area contributed by atoms with E-state index in [1.54, 1.807) is 6.20 Å². The molecule has 2 unspecified atom stereocenters. The largest absolute Gasteiger partial charge is 0.292 e. The minimum atomic E-state index is 0.180. The molecule has 2 nitrogen and oxygen atoms in total. The average Bonchev–Trinajstić information content (AvgIpc) is 2.53. The number of carbonyl (C=O) groups is 1. The Balaban J connectivity index is 1.67. The number of benzene rings is 1. The second-order valence-corrected chi connectivity index (χ2v) is 7.83. The second kappa shape index (κ2) is 5.45. The van der Waals surface area contributed by atoms with Crippen LogP contribution in [0.15, 0.2) is 36.5 Å². The summed E-state index contributed by atoms with van der Waals surface area (Å²) in [7, 11) is 0. The molecule has 1 aromatic carbocycles. The lowest BCUT2D eigenvalue weighted by molar-refractivity contribution is 0.0893. The van der Waals surface area contributed by atoms with Gasteiger partial charge in [0.05, 0.1) is 0 Å². The summed E-state index contributed by atoms with van der Waals surface area (Å²) in [6.07, 6.45) is 7.78. The maximum Gasteiger partial charge on any atom is 0.184 e. The Morgan fingerprint density at radius 3 is 2.67 bits per heavy atom. The highest BCUT2D eigenvalue weighted by molar-refractivity contribution is 8.00. The molecule has 108 valence electrons. The van der Waals surface area contributed by atoms with Crippen molar-refractivity contribution in [2.24, 2.45) is 5.92 Å². The third-order valence-electron chi connectivity index (χ3n) is 4.81. The molecule has 2 saturated heterocycles. The lowest BCUT2D eigenvalue weighted by Gasteiger charge is -2.37. The van der Waals surface area contributed by atoms with Crippen LogP contribution in [-0.2, 0) is 0 Å². The predicted molar refractivity (Wildman–Crippen MR) is 87.8 cm³/mol. The van der Waals surface area contributed by atoms with Gasteiger partial charge in [-0.1, -0.05) is 30.7 Å². The molecule has 0 aliphatic carbocycles. The Labute approximate surface area is 129 Å². The van der Waals surface area contributed by atoms with Crippen molar-refractivity contribution >= 4 is 28.3 Å². The van der Waals surface area contributed by atoms with Gasteiger partial charge in [0.1, 0.15) is 5.69 Å². The Hall–Kier alpha value is -1.35. The quantitative estimate of drug-likeness (QED) is 0.765. The van der Waals surface area contributed by atoms with E-state index in [4.69, 9.17) is 0 Å². The van der Waals surface area contributed by atoms with Crippen molar-refractivity contribution < 1.29 is 4.79 Å². The summed E-state index contributed by atoms with van der Waals surface area (Å²) in [5.74, 6) is 0.448. The topological polar surface area (TPSA) is 30.0 Å². The summed E-state index contributed by atoms with van der Waals surface area (Å²) in [4.78, 5) is 17.4. The Bertz CT molecular complexity index is 666. The van der Waals surface area contributed by atoms with Gasteiger partial charge in [-0.05, 0) is 37.1 Å². The number of carbonyl (C=O) groups excluding carboxylic acids is 1. The molecule has 2 aliphatic rings. The molecular weight excluding hydrogens is 278 g/mol. The van der Waals surface area contributed by atoms with Gasteiger partial charge in [0.25, 0.3) is 0 Å². The van der Waals surface area contributed by atoms with Crippen molar-refractivity contribution in [2.75, 3.05) is 0 Å². The van der Waals surface area contributed by atoms with E-state index >= 15 is 0 Å². The van der Waals surface area contributed by atoms with Gasteiger partial charge in [-0.25, -0.2) is 0 Å². The monoisotopic (exact) mass is 297 g/mol. The molecule has 2 aliphatic heterocycles. The van der Waals surface area contributed by atoms with E-state index in [2.05, 4.69) is 22.8 Å². The van der Waals surface area contributed by atoms with Crippen LogP contribution in [0.5, 0.6) is 0 Å². The van der Waals surface area contributed by atoms with E-state index in [0.717, 1.165) is 23.6 Å². The van der Waals surface area contributed by atoms with Crippen LogP contribution in [0.4, 0.5) is 0 Å². The van der Waals surface area contributed by atoms with Gasteiger partial charge >= 0.3 is 0 Å². The van der Waals surface area contributed by atoms with Crippen LogP contribution >= 0.6 is 11.8 Å². The number of hydrogen-bond acceptors (Lipinski definition) is 3. The molecular formula is C18H19NOS. The molecule has 21 heavy (non-hydrogen) atoms. The second-order valence-electron chi connectivity index (χ2n) is 6.22. The van der Waals surface area contributed by atoms with E-state index in [1.165, 1.54) is 19.3 Å². The van der Waals surface area contributed by atoms with Gasteiger partial charge in [-0.2, -0.15) is 11.8 Å². The zero-order valence-electron chi connectivity index (χ0n) is 12.0. The molecule has 2 aromatic rings. The third-order valence-corrected chi connectivity index (χ3v) is 6.44. The fraction of sp³-hybridized carbons (Fsp3) is 0.444. The standard InChI is InChI=1S/C18H19NOS/c20-18(13-10-14-5-3-6-15(11-13)21-14)17-16-7-2-1-4-12(16)8-9-19-17/h1-2,4,7-9,13-15H,3,5-6,10-11H2. The number of pyridine rings is 1. The number of Topliss-reactive ketones (excluding diaryl/α,β-unsaturated/α-hetero) is 1. The predicted octanol–water partition coefficient (Wildman–Crippen LogP) is 4.48. The van der Waals surface area contributed by atoms with Crippen LogP contribution in [0.25, 0.3) is 10.8 Å². The van der Waals surface area contributed by atoms with Crippen molar-refractivity contribution in [2.45, 2.75) is 42.6 Å². The summed E-state index contributed by atoms with van der Waals surface area (Å²) >= 11 is 2.12. The van der Waals surface area contributed by atoms with Gasteiger partial charge < -0.3 is 0 Å². The minimum absolute atomic E-state index is 0.180. The van der Waals surface area contributed by atoms with Gasteiger partial charge in [0.15, 0.2) is 5.78 Å². The van der Waals surface area contributed by atoms with E-state index in [-0.39, 0.29) is 11.7 Å². The van der Waals surface area contributed by atoms with Crippen LogP contribution < -0.4 is 0 Å². The van der Waals surface area contributed by atoms with Crippen LogP contribution in [0.2, 0.25) is 0 Å². The first-order chi connectivity index (χ1) is 10.3. The Morgan fingerprint density at radius 2 is 1.86 bits per heavy atom. The highest BCUT2D eigenvalue weighted by Crippen LogP contribution is 2.44. The van der Waals surface area contributed by atoms with Crippen molar-refractivity contribution in [1.82, 2.24) is 4.98 Å². The molecule has 3 heterocycles. The van der Waals surface area contributed by atoms with Gasteiger partial charge in [-0.3, -0.25) is 9.78 Å². The Kier molecular flexibility index (Phi) is 3.46. The van der Waals surface area contributed by atoms with Crippen molar-refractivity contribution in [3.8, 4) is 0 Å². The van der Waals surface area contributed by atoms with Gasteiger partial charge in [-0.15, -0.1) is 0 Å². The first-order valence-electron chi connectivity index (χ1n) is 7.84. The summed E-state index contributed by atoms with van der Waals surface area (Å²) in [6.45, 7) is 0. The zero-order valence-corrected chi connectivity index (χ0v) is 12.8.